The summed E-state index contributed by atoms with van der Waals surface area (Å²) < 4.78 is 5.08. The van der Waals surface area contributed by atoms with Gasteiger partial charge in [0, 0.05) is 13.1 Å². The maximum Gasteiger partial charge on any atom is 0.437 e. The highest BCUT2D eigenvalue weighted by molar-refractivity contribution is 5.89. The number of carboxylic acids is 1. The van der Waals surface area contributed by atoms with Gasteiger partial charge < -0.3 is 26.2 Å². The van der Waals surface area contributed by atoms with Crippen LogP contribution in [-0.4, -0.2) is 52.8 Å². The zero-order chi connectivity index (χ0) is 16.9. The highest BCUT2D eigenvalue weighted by Crippen LogP contribution is 2.21. The van der Waals surface area contributed by atoms with Crippen LogP contribution in [0.5, 0.6) is 0 Å². The Hall–Kier alpha value is -1.83. The summed E-state index contributed by atoms with van der Waals surface area (Å²) in [5.74, 6) is -0.597. The largest absolute Gasteiger partial charge is 0.480 e. The van der Waals surface area contributed by atoms with E-state index in [-0.39, 0.29) is 11.9 Å². The molecule has 0 aromatic heterocycles. The van der Waals surface area contributed by atoms with Gasteiger partial charge in [0.05, 0.1) is 0 Å². The number of carbonyl (C=O) groups excluding carboxylic acids is 1. The van der Waals surface area contributed by atoms with E-state index >= 15 is 0 Å². The third kappa shape index (κ3) is 6.30. The molecule has 8 heteroatoms. The Bertz CT molecular complexity index is 437. The molecular weight excluding hydrogens is 288 g/mol. The first-order chi connectivity index (χ1) is 10.1. The number of amides is 1. The Labute approximate surface area is 130 Å². The minimum absolute atomic E-state index is 0.134. The third-order valence-corrected chi connectivity index (χ3v) is 3.44. The van der Waals surface area contributed by atoms with Crippen LogP contribution < -0.4 is 11.5 Å². The van der Waals surface area contributed by atoms with Crippen molar-refractivity contribution in [3.8, 4) is 0 Å². The highest BCUT2D eigenvalue weighted by atomic mass is 16.6. The van der Waals surface area contributed by atoms with Gasteiger partial charge in [0.2, 0.25) is 5.96 Å². The van der Waals surface area contributed by atoms with Gasteiger partial charge in [-0.3, -0.25) is 4.79 Å². The van der Waals surface area contributed by atoms with Gasteiger partial charge in [-0.2, -0.15) is 0 Å². The van der Waals surface area contributed by atoms with Gasteiger partial charge in [-0.1, -0.05) is 0 Å². The lowest BCUT2D eigenvalue weighted by atomic mass is 9.90. The second-order valence-electron chi connectivity index (χ2n) is 6.56. The van der Waals surface area contributed by atoms with Gasteiger partial charge in [-0.15, -0.1) is 4.99 Å². The fourth-order valence-electron chi connectivity index (χ4n) is 2.31. The van der Waals surface area contributed by atoms with E-state index in [1.165, 1.54) is 0 Å². The van der Waals surface area contributed by atoms with Crippen LogP contribution in [0, 0.1) is 5.92 Å². The average Bonchev–Trinajstić information content (AvgIpc) is 2.36. The van der Waals surface area contributed by atoms with Gasteiger partial charge >= 0.3 is 12.1 Å². The van der Waals surface area contributed by atoms with Crippen LogP contribution >= 0.6 is 0 Å². The van der Waals surface area contributed by atoms with Crippen molar-refractivity contribution in [3.05, 3.63) is 0 Å². The van der Waals surface area contributed by atoms with E-state index in [0.717, 1.165) is 12.8 Å². The number of piperidine rings is 1. The lowest BCUT2D eigenvalue weighted by Gasteiger charge is -2.33. The molecule has 1 saturated heterocycles. The molecule has 1 atom stereocenters. The Kier molecular flexibility index (Phi) is 6.16. The average molecular weight is 314 g/mol. The van der Waals surface area contributed by atoms with Crippen molar-refractivity contribution in [2.45, 2.75) is 51.7 Å². The molecule has 1 amide bonds. The number of hydrogen-bond donors (Lipinski definition) is 3. The number of carbonyl (C=O) groups is 2. The van der Waals surface area contributed by atoms with Crippen molar-refractivity contribution in [2.24, 2.45) is 22.4 Å². The number of guanidine groups is 1. The Balaban J connectivity index is 2.47. The van der Waals surface area contributed by atoms with Crippen molar-refractivity contribution < 1.29 is 19.4 Å². The van der Waals surface area contributed by atoms with Gasteiger partial charge in [-0.25, -0.2) is 4.79 Å². The van der Waals surface area contributed by atoms with Crippen LogP contribution in [0.1, 0.15) is 40.0 Å². The molecule has 8 nitrogen and oxygen atoms in total. The molecule has 1 aliphatic heterocycles. The molecule has 0 radical (unpaired) electrons. The highest BCUT2D eigenvalue weighted by Gasteiger charge is 2.25. The lowest BCUT2D eigenvalue weighted by molar-refractivity contribution is -0.139. The maximum absolute atomic E-state index is 11.6. The van der Waals surface area contributed by atoms with Crippen LogP contribution in [-0.2, 0) is 9.53 Å². The third-order valence-electron chi connectivity index (χ3n) is 3.44. The summed E-state index contributed by atoms with van der Waals surface area (Å²) in [4.78, 5) is 27.9. The van der Waals surface area contributed by atoms with Crippen LogP contribution in [0.2, 0.25) is 0 Å². The predicted molar refractivity (Wildman–Crippen MR) is 82.4 cm³/mol. The van der Waals surface area contributed by atoms with E-state index in [1.807, 2.05) is 0 Å². The molecule has 0 bridgehead atoms. The molecule has 0 saturated carbocycles. The number of nitrogens with two attached hydrogens (primary N) is 2. The Morgan fingerprint density at radius 1 is 1.36 bits per heavy atom. The molecule has 0 unspecified atom stereocenters. The maximum atomic E-state index is 11.6. The van der Waals surface area contributed by atoms with Gasteiger partial charge in [0.1, 0.15) is 11.6 Å². The Morgan fingerprint density at radius 2 is 1.91 bits per heavy atom. The van der Waals surface area contributed by atoms with Crippen molar-refractivity contribution in [1.82, 2.24) is 4.90 Å². The van der Waals surface area contributed by atoms with Gasteiger partial charge in [0.25, 0.3) is 0 Å². The summed E-state index contributed by atoms with van der Waals surface area (Å²) >= 11 is 0. The number of ether oxygens (including phenoxy) is 1. The second-order valence-corrected chi connectivity index (χ2v) is 6.56. The van der Waals surface area contributed by atoms with Crippen LogP contribution in [0.15, 0.2) is 4.99 Å². The van der Waals surface area contributed by atoms with Gasteiger partial charge in [-0.05, 0) is 46.0 Å². The molecule has 22 heavy (non-hydrogen) atoms. The summed E-state index contributed by atoms with van der Waals surface area (Å²) in [5, 5.41) is 8.82. The number of aliphatic imine (C=N–C) groups is 1. The molecule has 1 fully saturated rings. The molecule has 0 aliphatic carbocycles. The van der Waals surface area contributed by atoms with E-state index in [2.05, 4.69) is 4.99 Å². The summed E-state index contributed by atoms with van der Waals surface area (Å²) in [6.45, 7) is 6.51. The molecule has 0 aromatic rings. The second kappa shape index (κ2) is 7.44. The fraction of sp³-hybridized carbons (Fsp3) is 0.786. The van der Waals surface area contributed by atoms with Crippen LogP contribution in [0.4, 0.5) is 4.79 Å². The van der Waals surface area contributed by atoms with E-state index in [0.29, 0.717) is 19.5 Å². The number of likely N-dealkylation sites (tertiary alicyclic amines) is 1. The smallest absolute Gasteiger partial charge is 0.437 e. The Morgan fingerprint density at radius 3 is 2.36 bits per heavy atom. The molecular formula is C14H26N4O4. The minimum atomic E-state index is -0.978. The molecule has 0 aromatic carbocycles. The van der Waals surface area contributed by atoms with Crippen molar-refractivity contribution in [3.63, 3.8) is 0 Å². The summed E-state index contributed by atoms with van der Waals surface area (Å²) in [5.41, 5.74) is 10.8. The zero-order valence-electron chi connectivity index (χ0n) is 13.4. The predicted octanol–water partition coefficient (Wildman–Crippen LogP) is 0.750. The summed E-state index contributed by atoms with van der Waals surface area (Å²) in [7, 11) is 0. The number of rotatable bonds is 3. The monoisotopic (exact) mass is 314 g/mol. The normalized spacial score (nSPS) is 18.9. The summed E-state index contributed by atoms with van der Waals surface area (Å²) in [6.07, 6.45) is 1.28. The molecule has 1 heterocycles. The molecule has 126 valence electrons. The number of aliphatic carboxylic acids is 1. The molecule has 1 rings (SSSR count). The van der Waals surface area contributed by atoms with Crippen LogP contribution in [0.25, 0.3) is 0 Å². The molecule has 0 spiro atoms. The molecule has 5 N–H and O–H groups in total. The SMILES string of the molecule is CC(C)(C)OC(=O)N=C(N)N1CCC(C[C@H](N)C(=O)O)CC1. The standard InChI is InChI=1S/C14H26N4O4/c1-14(2,3)22-13(21)17-12(16)18-6-4-9(5-7-18)8-10(15)11(19)20/h9-10H,4-8,15H2,1-3H3,(H,19,20)(H2,16,17,21)/t10-/m0/s1. The number of carboxylic acid groups (broad SMARTS) is 1. The first-order valence-electron chi connectivity index (χ1n) is 7.39. The fourth-order valence-corrected chi connectivity index (χ4v) is 2.31. The number of hydrogen-bond acceptors (Lipinski definition) is 4. The first kappa shape index (κ1) is 18.2. The minimum Gasteiger partial charge on any atom is -0.480 e. The van der Waals surface area contributed by atoms with Crippen molar-refractivity contribution >= 4 is 18.0 Å². The van der Waals surface area contributed by atoms with E-state index in [9.17, 15) is 9.59 Å². The van der Waals surface area contributed by atoms with Crippen molar-refractivity contribution in [1.29, 1.82) is 0 Å². The van der Waals surface area contributed by atoms with Gasteiger partial charge in [0.15, 0.2) is 0 Å². The topological polar surface area (TPSA) is 131 Å². The number of nitrogens with zero attached hydrogens (tertiary/aromatic N) is 2. The quantitative estimate of drug-likeness (QED) is 0.517. The van der Waals surface area contributed by atoms with E-state index in [4.69, 9.17) is 21.3 Å². The van der Waals surface area contributed by atoms with Crippen LogP contribution in [0.3, 0.4) is 0 Å². The summed E-state index contributed by atoms with van der Waals surface area (Å²) in [6, 6.07) is -0.829. The van der Waals surface area contributed by atoms with Crippen molar-refractivity contribution in [2.75, 3.05) is 13.1 Å². The molecule has 1 aliphatic rings. The zero-order valence-corrected chi connectivity index (χ0v) is 13.4. The van der Waals surface area contributed by atoms with E-state index in [1.54, 1.807) is 25.7 Å². The first-order valence-corrected chi connectivity index (χ1v) is 7.39. The van der Waals surface area contributed by atoms with E-state index < -0.39 is 23.7 Å². The lowest BCUT2D eigenvalue weighted by Crippen LogP contribution is -2.44.